The van der Waals surface area contributed by atoms with Crippen molar-refractivity contribution in [3.8, 4) is 0 Å². The molecule has 0 spiro atoms. The quantitative estimate of drug-likeness (QED) is 0.539. The molecule has 140 valence electrons. The lowest BCUT2D eigenvalue weighted by Gasteiger charge is -2.52. The first-order valence-corrected chi connectivity index (χ1v) is 8.10. The molecule has 2 fully saturated rings. The summed E-state index contributed by atoms with van der Waals surface area (Å²) in [7, 11) is 5.03. The molecule has 0 amide bonds. The molecule has 8 nitrogen and oxygen atoms in total. The van der Waals surface area contributed by atoms with E-state index in [0.29, 0.717) is 0 Å². The standard InChI is InChI=1S/C17H24O8/c1-22-12(18)10-5-16(14(20)24-3)7-11(13(19)23-2)8-17(6-10,9-16)15(21)25-4/h10-11H,5-9H2,1-4H3. The first-order valence-electron chi connectivity index (χ1n) is 8.10. The fourth-order valence-electron chi connectivity index (χ4n) is 4.71. The van der Waals surface area contributed by atoms with Crippen LogP contribution in [0.1, 0.15) is 32.1 Å². The van der Waals surface area contributed by atoms with Crippen molar-refractivity contribution in [3.63, 3.8) is 0 Å². The number of methoxy groups -OCH3 is 4. The summed E-state index contributed by atoms with van der Waals surface area (Å²) in [5.41, 5.74) is -2.26. The Kier molecular flexibility index (Phi) is 5.39. The molecule has 0 saturated heterocycles. The van der Waals surface area contributed by atoms with Crippen LogP contribution in [-0.2, 0) is 38.1 Å². The molecule has 25 heavy (non-hydrogen) atoms. The van der Waals surface area contributed by atoms with Crippen LogP contribution in [0.5, 0.6) is 0 Å². The molecule has 2 saturated carbocycles. The summed E-state index contributed by atoms with van der Waals surface area (Å²) in [5.74, 6) is -3.34. The molecule has 0 unspecified atom stereocenters. The highest BCUT2D eigenvalue weighted by atomic mass is 16.5. The Bertz CT molecular complexity index is 519. The van der Waals surface area contributed by atoms with Gasteiger partial charge in [-0.1, -0.05) is 0 Å². The zero-order valence-corrected chi connectivity index (χ0v) is 15.0. The van der Waals surface area contributed by atoms with E-state index >= 15 is 0 Å². The highest BCUT2D eigenvalue weighted by Crippen LogP contribution is 2.60. The Morgan fingerprint density at radius 1 is 0.640 bits per heavy atom. The zero-order valence-electron chi connectivity index (χ0n) is 15.0. The first-order chi connectivity index (χ1) is 11.8. The molecule has 2 bridgehead atoms. The average Bonchev–Trinajstić information content (AvgIpc) is 2.63. The maximum absolute atomic E-state index is 12.6. The first kappa shape index (κ1) is 19.2. The van der Waals surface area contributed by atoms with Crippen LogP contribution in [0.2, 0.25) is 0 Å². The number of hydrogen-bond donors (Lipinski definition) is 0. The molecule has 0 N–H and O–H groups in total. The molecule has 0 radical (unpaired) electrons. The van der Waals surface area contributed by atoms with Gasteiger partial charge in [0.15, 0.2) is 0 Å². The minimum Gasteiger partial charge on any atom is -0.469 e. The van der Waals surface area contributed by atoms with Gasteiger partial charge in [-0.2, -0.15) is 0 Å². The maximum Gasteiger partial charge on any atom is 0.311 e. The van der Waals surface area contributed by atoms with Crippen molar-refractivity contribution in [1.29, 1.82) is 0 Å². The normalized spacial score (nSPS) is 33.8. The molecule has 2 rings (SSSR count). The number of carbonyl (C=O) groups is 4. The summed E-state index contributed by atoms with van der Waals surface area (Å²) in [6.45, 7) is 0. The summed E-state index contributed by atoms with van der Waals surface area (Å²) < 4.78 is 19.6. The van der Waals surface area contributed by atoms with Gasteiger partial charge in [0.1, 0.15) is 0 Å². The number of fused-ring (bicyclic) bond motifs is 2. The summed E-state index contributed by atoms with van der Waals surface area (Å²) in [6.07, 6.45) is 0.842. The third-order valence-corrected chi connectivity index (χ3v) is 5.53. The number of ether oxygens (including phenoxy) is 4. The van der Waals surface area contributed by atoms with E-state index in [1.165, 1.54) is 28.4 Å². The third-order valence-electron chi connectivity index (χ3n) is 5.53. The van der Waals surface area contributed by atoms with Crippen LogP contribution in [0, 0.1) is 22.7 Å². The van der Waals surface area contributed by atoms with E-state index < -0.39 is 46.5 Å². The lowest BCUT2D eigenvalue weighted by Crippen LogP contribution is -2.56. The van der Waals surface area contributed by atoms with Crippen LogP contribution in [0.4, 0.5) is 0 Å². The Balaban J connectivity index is 2.53. The van der Waals surface area contributed by atoms with E-state index in [0.717, 1.165) is 0 Å². The van der Waals surface area contributed by atoms with Gasteiger partial charge in [0.25, 0.3) is 0 Å². The number of carbonyl (C=O) groups excluding carboxylic acids is 4. The van der Waals surface area contributed by atoms with Gasteiger partial charge in [0, 0.05) is 0 Å². The van der Waals surface area contributed by atoms with E-state index in [2.05, 4.69) is 0 Å². The second kappa shape index (κ2) is 7.01. The lowest BCUT2D eigenvalue weighted by atomic mass is 9.49. The number of hydrogen-bond acceptors (Lipinski definition) is 8. The van der Waals surface area contributed by atoms with Gasteiger partial charge in [-0.05, 0) is 32.1 Å². The molecule has 0 atom stereocenters. The largest absolute Gasteiger partial charge is 0.469 e. The fraction of sp³-hybridized carbons (Fsp3) is 0.765. The second-order valence-corrected chi connectivity index (χ2v) is 6.98. The minimum absolute atomic E-state index is 0.165. The second-order valence-electron chi connectivity index (χ2n) is 6.98. The third kappa shape index (κ3) is 3.21. The molecular formula is C17H24O8. The van der Waals surface area contributed by atoms with Crippen molar-refractivity contribution in [3.05, 3.63) is 0 Å². The molecule has 0 aromatic rings. The summed E-state index contributed by atoms with van der Waals surface area (Å²) in [4.78, 5) is 49.5. The van der Waals surface area contributed by atoms with Gasteiger partial charge in [-0.15, -0.1) is 0 Å². The van der Waals surface area contributed by atoms with Crippen LogP contribution >= 0.6 is 0 Å². The lowest BCUT2D eigenvalue weighted by molar-refractivity contribution is -0.186. The fourth-order valence-corrected chi connectivity index (χ4v) is 4.71. The smallest absolute Gasteiger partial charge is 0.311 e. The van der Waals surface area contributed by atoms with Crippen molar-refractivity contribution < 1.29 is 38.1 Å². The molecule has 2 aliphatic carbocycles. The predicted molar refractivity (Wildman–Crippen MR) is 83.0 cm³/mol. The minimum atomic E-state index is -1.13. The van der Waals surface area contributed by atoms with E-state index in [1.54, 1.807) is 0 Å². The van der Waals surface area contributed by atoms with Gasteiger partial charge in [0.2, 0.25) is 0 Å². The highest BCUT2D eigenvalue weighted by molar-refractivity contribution is 5.87. The van der Waals surface area contributed by atoms with E-state index in [9.17, 15) is 19.2 Å². The number of rotatable bonds is 4. The number of esters is 4. The van der Waals surface area contributed by atoms with Crippen LogP contribution in [0.25, 0.3) is 0 Å². The van der Waals surface area contributed by atoms with Gasteiger partial charge < -0.3 is 18.9 Å². The molecule has 2 aliphatic rings. The van der Waals surface area contributed by atoms with Crippen LogP contribution in [0.3, 0.4) is 0 Å². The van der Waals surface area contributed by atoms with Crippen molar-refractivity contribution in [2.24, 2.45) is 22.7 Å². The highest BCUT2D eigenvalue weighted by Gasteiger charge is 2.63. The SMILES string of the molecule is COC(=O)C1CC2(C(=O)OC)CC(C(=O)OC)CC(C(=O)OC)(C1)C2. The van der Waals surface area contributed by atoms with Crippen molar-refractivity contribution >= 4 is 23.9 Å². The summed E-state index contributed by atoms with van der Waals surface area (Å²) >= 11 is 0. The Hall–Kier alpha value is -2.12. The van der Waals surface area contributed by atoms with Gasteiger partial charge >= 0.3 is 23.9 Å². The van der Waals surface area contributed by atoms with E-state index in [-0.39, 0.29) is 32.1 Å². The van der Waals surface area contributed by atoms with Crippen molar-refractivity contribution in [2.45, 2.75) is 32.1 Å². The van der Waals surface area contributed by atoms with Crippen LogP contribution in [-0.4, -0.2) is 52.3 Å². The molecule has 0 aromatic carbocycles. The van der Waals surface area contributed by atoms with Gasteiger partial charge in [-0.3, -0.25) is 19.2 Å². The Labute approximate surface area is 146 Å². The van der Waals surface area contributed by atoms with Gasteiger partial charge in [-0.25, -0.2) is 0 Å². The molecule has 0 aliphatic heterocycles. The molecule has 0 heterocycles. The predicted octanol–water partition coefficient (Wildman–Crippen LogP) is 0.861. The van der Waals surface area contributed by atoms with Crippen molar-refractivity contribution in [2.75, 3.05) is 28.4 Å². The van der Waals surface area contributed by atoms with Crippen LogP contribution in [0.15, 0.2) is 0 Å². The Morgan fingerprint density at radius 2 is 0.960 bits per heavy atom. The maximum atomic E-state index is 12.6. The Morgan fingerprint density at radius 3 is 1.20 bits per heavy atom. The topological polar surface area (TPSA) is 105 Å². The van der Waals surface area contributed by atoms with Crippen molar-refractivity contribution in [1.82, 2.24) is 0 Å². The monoisotopic (exact) mass is 356 g/mol. The average molecular weight is 356 g/mol. The van der Waals surface area contributed by atoms with Crippen LogP contribution < -0.4 is 0 Å². The van der Waals surface area contributed by atoms with Gasteiger partial charge in [0.05, 0.1) is 51.1 Å². The molecule has 8 heteroatoms. The summed E-state index contributed by atoms with van der Waals surface area (Å²) in [5, 5.41) is 0. The molecular weight excluding hydrogens is 332 g/mol. The summed E-state index contributed by atoms with van der Waals surface area (Å²) in [6, 6.07) is 0. The van der Waals surface area contributed by atoms with E-state index in [1.807, 2.05) is 0 Å². The van der Waals surface area contributed by atoms with E-state index in [4.69, 9.17) is 18.9 Å². The zero-order chi connectivity index (χ0) is 18.8. The molecule has 0 aromatic heterocycles.